The molecular formula is C13H18BrFN2. The fourth-order valence-corrected chi connectivity index (χ4v) is 2.90. The summed E-state index contributed by atoms with van der Waals surface area (Å²) in [5.41, 5.74) is 6.45. The van der Waals surface area contributed by atoms with Gasteiger partial charge in [-0.15, -0.1) is 0 Å². The van der Waals surface area contributed by atoms with E-state index in [1.165, 1.54) is 6.07 Å². The third-order valence-electron chi connectivity index (χ3n) is 3.51. The van der Waals surface area contributed by atoms with Crippen LogP contribution in [-0.4, -0.2) is 24.0 Å². The van der Waals surface area contributed by atoms with E-state index < -0.39 is 0 Å². The SMILES string of the molecule is CC1CC(CN)CN1Cc1cc(Br)ccc1F. The van der Waals surface area contributed by atoms with E-state index in [0.717, 1.165) is 29.5 Å². The minimum atomic E-state index is -0.128. The first-order valence-corrected chi connectivity index (χ1v) is 6.77. The molecule has 1 fully saturated rings. The van der Waals surface area contributed by atoms with Crippen LogP contribution >= 0.6 is 15.9 Å². The summed E-state index contributed by atoms with van der Waals surface area (Å²) in [5, 5.41) is 0. The molecule has 17 heavy (non-hydrogen) atoms. The molecule has 2 N–H and O–H groups in total. The van der Waals surface area contributed by atoms with Crippen LogP contribution in [0.4, 0.5) is 4.39 Å². The van der Waals surface area contributed by atoms with E-state index in [2.05, 4.69) is 27.8 Å². The van der Waals surface area contributed by atoms with Crippen LogP contribution in [-0.2, 0) is 6.54 Å². The molecule has 1 aliphatic rings. The molecular weight excluding hydrogens is 283 g/mol. The summed E-state index contributed by atoms with van der Waals surface area (Å²) in [6, 6.07) is 5.59. The van der Waals surface area contributed by atoms with E-state index in [-0.39, 0.29) is 5.82 Å². The van der Waals surface area contributed by atoms with Gasteiger partial charge in [-0.1, -0.05) is 15.9 Å². The number of halogens is 2. The van der Waals surface area contributed by atoms with Crippen LogP contribution in [0.15, 0.2) is 22.7 Å². The number of benzene rings is 1. The molecule has 0 saturated carbocycles. The number of rotatable bonds is 3. The van der Waals surface area contributed by atoms with E-state index in [1.807, 2.05) is 6.07 Å². The van der Waals surface area contributed by atoms with Crippen molar-refractivity contribution in [3.8, 4) is 0 Å². The van der Waals surface area contributed by atoms with Crippen LogP contribution in [0.3, 0.4) is 0 Å². The zero-order valence-electron chi connectivity index (χ0n) is 10.00. The third-order valence-corrected chi connectivity index (χ3v) is 4.00. The average molecular weight is 301 g/mol. The molecule has 1 saturated heterocycles. The Morgan fingerprint density at radius 2 is 2.29 bits per heavy atom. The molecule has 94 valence electrons. The van der Waals surface area contributed by atoms with E-state index in [4.69, 9.17) is 5.73 Å². The van der Waals surface area contributed by atoms with E-state index >= 15 is 0 Å². The summed E-state index contributed by atoms with van der Waals surface area (Å²) in [7, 11) is 0. The molecule has 0 amide bonds. The van der Waals surface area contributed by atoms with Crippen LogP contribution in [0.25, 0.3) is 0 Å². The number of hydrogen-bond acceptors (Lipinski definition) is 2. The summed E-state index contributed by atoms with van der Waals surface area (Å²) in [5.74, 6) is 0.428. The average Bonchev–Trinajstić information content (AvgIpc) is 2.65. The maximum atomic E-state index is 13.7. The molecule has 0 aliphatic carbocycles. The summed E-state index contributed by atoms with van der Waals surface area (Å²) >= 11 is 3.38. The lowest BCUT2D eigenvalue weighted by Crippen LogP contribution is -2.27. The summed E-state index contributed by atoms with van der Waals surface area (Å²) in [6.07, 6.45) is 1.12. The standard InChI is InChI=1S/C13H18BrFN2/c1-9-4-10(6-16)7-17(9)8-11-5-12(14)2-3-13(11)15/h2-3,5,9-10H,4,6-8,16H2,1H3. The van der Waals surface area contributed by atoms with Crippen molar-refractivity contribution < 1.29 is 4.39 Å². The first kappa shape index (κ1) is 13.0. The van der Waals surface area contributed by atoms with Crippen molar-refractivity contribution in [3.63, 3.8) is 0 Å². The van der Waals surface area contributed by atoms with Crippen LogP contribution in [0.1, 0.15) is 18.9 Å². The van der Waals surface area contributed by atoms with Gasteiger partial charge in [-0.3, -0.25) is 4.90 Å². The molecule has 1 aromatic rings. The topological polar surface area (TPSA) is 29.3 Å². The molecule has 1 aliphatic heterocycles. The molecule has 1 heterocycles. The smallest absolute Gasteiger partial charge is 0.127 e. The van der Waals surface area contributed by atoms with Gasteiger partial charge in [-0.05, 0) is 44.0 Å². The number of nitrogens with two attached hydrogens (primary N) is 1. The minimum absolute atomic E-state index is 0.128. The quantitative estimate of drug-likeness (QED) is 0.930. The molecule has 4 heteroatoms. The van der Waals surface area contributed by atoms with Gasteiger partial charge in [0, 0.05) is 29.2 Å². The van der Waals surface area contributed by atoms with E-state index in [9.17, 15) is 4.39 Å². The van der Waals surface area contributed by atoms with Crippen LogP contribution in [0.5, 0.6) is 0 Å². The second-order valence-electron chi connectivity index (χ2n) is 4.85. The number of hydrogen-bond donors (Lipinski definition) is 1. The van der Waals surface area contributed by atoms with Crippen molar-refractivity contribution >= 4 is 15.9 Å². The van der Waals surface area contributed by atoms with Crippen molar-refractivity contribution in [1.82, 2.24) is 4.90 Å². The minimum Gasteiger partial charge on any atom is -0.330 e. The van der Waals surface area contributed by atoms with E-state index in [0.29, 0.717) is 18.5 Å². The number of likely N-dealkylation sites (tertiary alicyclic amines) is 1. The fraction of sp³-hybridized carbons (Fsp3) is 0.538. The molecule has 1 aromatic carbocycles. The molecule has 0 spiro atoms. The van der Waals surface area contributed by atoms with Crippen molar-refractivity contribution in [2.45, 2.75) is 25.9 Å². The lowest BCUT2D eigenvalue weighted by Gasteiger charge is -2.21. The van der Waals surface area contributed by atoms with Crippen molar-refractivity contribution in [1.29, 1.82) is 0 Å². The van der Waals surface area contributed by atoms with Crippen molar-refractivity contribution in [2.24, 2.45) is 11.7 Å². The summed E-state index contributed by atoms with van der Waals surface area (Å²) in [6.45, 7) is 4.56. The Kier molecular flexibility index (Phi) is 4.17. The molecule has 0 aromatic heterocycles. The van der Waals surface area contributed by atoms with Gasteiger partial charge in [0.1, 0.15) is 5.82 Å². The Morgan fingerprint density at radius 3 is 2.94 bits per heavy atom. The fourth-order valence-electron chi connectivity index (χ4n) is 2.49. The lowest BCUT2D eigenvalue weighted by molar-refractivity contribution is 0.252. The number of nitrogens with zero attached hydrogens (tertiary/aromatic N) is 1. The van der Waals surface area contributed by atoms with Crippen LogP contribution < -0.4 is 5.73 Å². The van der Waals surface area contributed by atoms with Gasteiger partial charge in [-0.25, -0.2) is 4.39 Å². The van der Waals surface area contributed by atoms with Gasteiger partial charge < -0.3 is 5.73 Å². The van der Waals surface area contributed by atoms with Gasteiger partial charge in [0.25, 0.3) is 0 Å². The first-order chi connectivity index (χ1) is 8.10. The van der Waals surface area contributed by atoms with Gasteiger partial charge in [0.05, 0.1) is 0 Å². The maximum absolute atomic E-state index is 13.7. The summed E-state index contributed by atoms with van der Waals surface area (Å²) < 4.78 is 14.6. The van der Waals surface area contributed by atoms with Gasteiger partial charge in [0.2, 0.25) is 0 Å². The van der Waals surface area contributed by atoms with Gasteiger partial charge in [0.15, 0.2) is 0 Å². The highest BCUT2D eigenvalue weighted by Gasteiger charge is 2.28. The third kappa shape index (κ3) is 3.06. The van der Waals surface area contributed by atoms with Gasteiger partial charge in [-0.2, -0.15) is 0 Å². The highest BCUT2D eigenvalue weighted by molar-refractivity contribution is 9.10. The van der Waals surface area contributed by atoms with Crippen molar-refractivity contribution in [2.75, 3.05) is 13.1 Å². The predicted octanol–water partition coefficient (Wildman–Crippen LogP) is 2.76. The molecule has 0 bridgehead atoms. The lowest BCUT2D eigenvalue weighted by atomic mass is 10.1. The van der Waals surface area contributed by atoms with Crippen LogP contribution in [0.2, 0.25) is 0 Å². The molecule has 0 radical (unpaired) electrons. The van der Waals surface area contributed by atoms with E-state index in [1.54, 1.807) is 6.07 Å². The predicted molar refractivity (Wildman–Crippen MR) is 71.1 cm³/mol. The van der Waals surface area contributed by atoms with Gasteiger partial charge >= 0.3 is 0 Å². The monoisotopic (exact) mass is 300 g/mol. The molecule has 2 atom stereocenters. The molecule has 2 unspecified atom stereocenters. The Hall–Kier alpha value is -0.450. The second-order valence-corrected chi connectivity index (χ2v) is 5.77. The highest BCUT2D eigenvalue weighted by atomic mass is 79.9. The Labute approximate surface area is 110 Å². The normalized spacial score (nSPS) is 25.4. The zero-order valence-corrected chi connectivity index (χ0v) is 11.6. The molecule has 2 nitrogen and oxygen atoms in total. The Balaban J connectivity index is 2.08. The Morgan fingerprint density at radius 1 is 1.53 bits per heavy atom. The summed E-state index contributed by atoms with van der Waals surface area (Å²) in [4.78, 5) is 2.31. The second kappa shape index (κ2) is 5.46. The van der Waals surface area contributed by atoms with Crippen LogP contribution in [0, 0.1) is 11.7 Å². The zero-order chi connectivity index (χ0) is 12.4. The largest absolute Gasteiger partial charge is 0.330 e. The Bertz CT molecular complexity index is 397. The molecule has 2 rings (SSSR count). The maximum Gasteiger partial charge on any atom is 0.127 e. The van der Waals surface area contributed by atoms with Crippen molar-refractivity contribution in [3.05, 3.63) is 34.1 Å². The first-order valence-electron chi connectivity index (χ1n) is 5.98. The highest BCUT2D eigenvalue weighted by Crippen LogP contribution is 2.25.